The van der Waals surface area contributed by atoms with Crippen molar-refractivity contribution in [3.05, 3.63) is 74.8 Å². The van der Waals surface area contributed by atoms with Crippen molar-refractivity contribution in [1.29, 1.82) is 0 Å². The summed E-state index contributed by atoms with van der Waals surface area (Å²) in [6.07, 6.45) is 1.79. The van der Waals surface area contributed by atoms with Gasteiger partial charge in [0.05, 0.1) is 0 Å². The van der Waals surface area contributed by atoms with E-state index in [1.165, 1.54) is 22.3 Å². The number of fused-ring (bicyclic) bond motifs is 2. The normalized spacial score (nSPS) is 17.1. The second-order valence-electron chi connectivity index (χ2n) is 6.84. The Hall–Kier alpha value is -1.81. The maximum absolute atomic E-state index is 13.1. The highest BCUT2D eigenvalue weighted by Crippen LogP contribution is 2.39. The Morgan fingerprint density at radius 1 is 1.12 bits per heavy atom. The molecular weight excluding hydrogens is 367 g/mol. The topological polar surface area (TPSA) is 32.3 Å². The highest BCUT2D eigenvalue weighted by Gasteiger charge is 2.32. The Morgan fingerprint density at radius 2 is 1.85 bits per heavy atom. The van der Waals surface area contributed by atoms with Crippen molar-refractivity contribution in [1.82, 2.24) is 10.2 Å². The van der Waals surface area contributed by atoms with Gasteiger partial charge in [0.1, 0.15) is 6.04 Å². The lowest BCUT2D eigenvalue weighted by molar-refractivity contribution is -0.133. The highest BCUT2D eigenvalue weighted by atomic mass is 35.5. The molecule has 1 aliphatic carbocycles. The summed E-state index contributed by atoms with van der Waals surface area (Å²) in [5.74, 6) is 0.107. The molecule has 0 radical (unpaired) electrons. The quantitative estimate of drug-likeness (QED) is 0.842. The van der Waals surface area contributed by atoms with Crippen LogP contribution in [0, 0.1) is 0 Å². The molecule has 0 aromatic heterocycles. The second kappa shape index (κ2) is 7.07. The summed E-state index contributed by atoms with van der Waals surface area (Å²) in [6.45, 7) is 1.42. The van der Waals surface area contributed by atoms with Crippen LogP contribution in [0.3, 0.4) is 0 Å². The molecule has 3 nitrogen and oxygen atoms in total. The molecule has 134 valence electrons. The molecule has 2 aliphatic rings. The van der Waals surface area contributed by atoms with E-state index in [4.69, 9.17) is 23.2 Å². The van der Waals surface area contributed by atoms with Crippen molar-refractivity contribution in [2.75, 3.05) is 20.1 Å². The minimum atomic E-state index is -0.354. The van der Waals surface area contributed by atoms with E-state index >= 15 is 0 Å². The molecule has 0 spiro atoms. The lowest BCUT2D eigenvalue weighted by Crippen LogP contribution is -2.43. The van der Waals surface area contributed by atoms with Gasteiger partial charge >= 0.3 is 0 Å². The van der Waals surface area contributed by atoms with Gasteiger partial charge in [-0.25, -0.2) is 0 Å². The van der Waals surface area contributed by atoms with Crippen LogP contribution in [-0.4, -0.2) is 30.9 Å². The first-order valence-electron chi connectivity index (χ1n) is 8.78. The summed E-state index contributed by atoms with van der Waals surface area (Å²) in [6, 6.07) is 13.2. The SMILES string of the molecule is CNC(C(=O)N1CCC2=C(Cc3ccc(Cl)cc32)C1)c1ccc(Cl)cc1. The second-order valence-corrected chi connectivity index (χ2v) is 7.72. The first kappa shape index (κ1) is 17.6. The summed E-state index contributed by atoms with van der Waals surface area (Å²) < 4.78 is 0. The number of likely N-dealkylation sites (N-methyl/N-ethyl adjacent to an activating group) is 1. The van der Waals surface area contributed by atoms with Crippen LogP contribution in [0.4, 0.5) is 0 Å². The van der Waals surface area contributed by atoms with Crippen LogP contribution in [0.5, 0.6) is 0 Å². The molecule has 0 bridgehead atoms. The molecular formula is C21H20Cl2N2O. The lowest BCUT2D eigenvalue weighted by atomic mass is 9.97. The van der Waals surface area contributed by atoms with Crippen molar-refractivity contribution in [3.8, 4) is 0 Å². The average Bonchev–Trinajstić information content (AvgIpc) is 3.00. The van der Waals surface area contributed by atoms with E-state index in [1.807, 2.05) is 42.3 Å². The number of hydrogen-bond acceptors (Lipinski definition) is 2. The van der Waals surface area contributed by atoms with Gasteiger partial charge in [0.2, 0.25) is 5.91 Å². The van der Waals surface area contributed by atoms with E-state index < -0.39 is 0 Å². The zero-order chi connectivity index (χ0) is 18.3. The number of amides is 1. The molecule has 0 fully saturated rings. The number of carbonyl (C=O) groups is 1. The number of nitrogens with one attached hydrogen (secondary N) is 1. The monoisotopic (exact) mass is 386 g/mol. The minimum absolute atomic E-state index is 0.107. The van der Waals surface area contributed by atoms with Gasteiger partial charge < -0.3 is 10.2 Å². The van der Waals surface area contributed by atoms with Crippen LogP contribution in [0.2, 0.25) is 10.0 Å². The fourth-order valence-corrected chi connectivity index (χ4v) is 4.29. The van der Waals surface area contributed by atoms with Gasteiger partial charge in [-0.05, 0) is 72.0 Å². The van der Waals surface area contributed by atoms with Crippen LogP contribution < -0.4 is 5.32 Å². The minimum Gasteiger partial charge on any atom is -0.337 e. The third kappa shape index (κ3) is 3.16. The molecule has 0 saturated heterocycles. The fourth-order valence-electron chi connectivity index (χ4n) is 3.99. The molecule has 4 rings (SSSR count). The maximum atomic E-state index is 13.1. The van der Waals surface area contributed by atoms with Crippen molar-refractivity contribution in [2.45, 2.75) is 18.9 Å². The number of hydrogen-bond donors (Lipinski definition) is 1. The molecule has 1 unspecified atom stereocenters. The summed E-state index contributed by atoms with van der Waals surface area (Å²) in [4.78, 5) is 15.1. The number of halogens is 2. The van der Waals surface area contributed by atoms with E-state index in [9.17, 15) is 4.79 Å². The molecule has 5 heteroatoms. The maximum Gasteiger partial charge on any atom is 0.244 e. The van der Waals surface area contributed by atoms with Crippen molar-refractivity contribution < 1.29 is 4.79 Å². The number of rotatable bonds is 3. The third-order valence-electron chi connectivity index (χ3n) is 5.29. The van der Waals surface area contributed by atoms with Gasteiger partial charge in [-0.2, -0.15) is 0 Å². The van der Waals surface area contributed by atoms with E-state index in [0.717, 1.165) is 30.0 Å². The number of benzene rings is 2. The molecule has 1 amide bonds. The highest BCUT2D eigenvalue weighted by molar-refractivity contribution is 6.31. The lowest BCUT2D eigenvalue weighted by Gasteiger charge is -2.32. The molecule has 1 heterocycles. The van der Waals surface area contributed by atoms with Gasteiger partial charge in [-0.15, -0.1) is 0 Å². The average molecular weight is 387 g/mol. The molecule has 26 heavy (non-hydrogen) atoms. The van der Waals surface area contributed by atoms with Crippen molar-refractivity contribution >= 4 is 34.7 Å². The molecule has 2 aromatic carbocycles. The molecule has 1 N–H and O–H groups in total. The zero-order valence-corrected chi connectivity index (χ0v) is 16.1. The van der Waals surface area contributed by atoms with Crippen molar-refractivity contribution in [3.63, 3.8) is 0 Å². The van der Waals surface area contributed by atoms with Crippen LogP contribution in [0.1, 0.15) is 29.2 Å². The summed E-state index contributed by atoms with van der Waals surface area (Å²) in [5, 5.41) is 4.60. The third-order valence-corrected chi connectivity index (χ3v) is 5.78. The standard InChI is InChI=1S/C21H20Cl2N2O/c1-24-20(13-2-5-16(22)6-3-13)21(26)25-9-8-18-15(12-25)10-14-4-7-17(23)11-19(14)18/h2-7,11,20,24H,8-10,12H2,1H3. The van der Waals surface area contributed by atoms with E-state index in [-0.39, 0.29) is 11.9 Å². The predicted octanol–water partition coefficient (Wildman–Crippen LogP) is 4.50. The molecule has 1 atom stereocenters. The van der Waals surface area contributed by atoms with Crippen LogP contribution in [0.25, 0.3) is 5.57 Å². The van der Waals surface area contributed by atoms with E-state index in [0.29, 0.717) is 11.6 Å². The van der Waals surface area contributed by atoms with Crippen LogP contribution >= 0.6 is 23.2 Å². The largest absolute Gasteiger partial charge is 0.337 e. The Kier molecular flexibility index (Phi) is 4.78. The zero-order valence-electron chi connectivity index (χ0n) is 14.6. The molecule has 1 aliphatic heterocycles. The van der Waals surface area contributed by atoms with Gasteiger partial charge in [0, 0.05) is 23.1 Å². The first-order valence-corrected chi connectivity index (χ1v) is 9.53. The first-order chi connectivity index (χ1) is 12.6. The summed E-state index contributed by atoms with van der Waals surface area (Å²) in [5.41, 5.74) is 6.23. The Balaban J connectivity index is 1.54. The smallest absolute Gasteiger partial charge is 0.244 e. The predicted molar refractivity (Wildman–Crippen MR) is 107 cm³/mol. The van der Waals surface area contributed by atoms with Gasteiger partial charge in [-0.1, -0.05) is 41.4 Å². The fraction of sp³-hybridized carbons (Fsp3) is 0.286. The summed E-state index contributed by atoms with van der Waals surface area (Å²) in [7, 11) is 1.82. The van der Waals surface area contributed by atoms with Gasteiger partial charge in [-0.3, -0.25) is 4.79 Å². The molecule has 2 aromatic rings. The van der Waals surface area contributed by atoms with E-state index in [2.05, 4.69) is 17.4 Å². The van der Waals surface area contributed by atoms with Gasteiger partial charge in [0.15, 0.2) is 0 Å². The summed E-state index contributed by atoms with van der Waals surface area (Å²) >= 11 is 12.1. The van der Waals surface area contributed by atoms with Crippen LogP contribution in [0.15, 0.2) is 48.0 Å². The molecule has 0 saturated carbocycles. The van der Waals surface area contributed by atoms with Crippen molar-refractivity contribution in [2.24, 2.45) is 0 Å². The van der Waals surface area contributed by atoms with Gasteiger partial charge in [0.25, 0.3) is 0 Å². The number of carbonyl (C=O) groups excluding carboxylic acids is 1. The Bertz CT molecular complexity index is 889. The Labute approximate surface area is 163 Å². The van der Waals surface area contributed by atoms with Crippen LogP contribution in [-0.2, 0) is 11.2 Å². The van der Waals surface area contributed by atoms with E-state index in [1.54, 1.807) is 0 Å². The number of nitrogens with zero attached hydrogens (tertiary/aromatic N) is 1. The Morgan fingerprint density at radius 3 is 2.58 bits per heavy atom.